The Morgan fingerprint density at radius 3 is 2.61 bits per heavy atom. The van der Waals surface area contributed by atoms with Crippen molar-refractivity contribution in [3.63, 3.8) is 0 Å². The van der Waals surface area contributed by atoms with Gasteiger partial charge in [0.15, 0.2) is 5.82 Å². The van der Waals surface area contributed by atoms with Gasteiger partial charge in [0, 0.05) is 68.3 Å². The van der Waals surface area contributed by atoms with Gasteiger partial charge in [0.25, 0.3) is 0 Å². The quantitative estimate of drug-likeness (QED) is 0.332. The smallest absolute Gasteiger partial charge is 0.222 e. The second kappa shape index (κ2) is 10.3. The van der Waals surface area contributed by atoms with Gasteiger partial charge in [-0.05, 0) is 42.5 Å². The van der Waals surface area contributed by atoms with Crippen molar-refractivity contribution in [2.75, 3.05) is 26.2 Å². The Kier molecular flexibility index (Phi) is 6.77. The zero-order chi connectivity index (χ0) is 25.0. The summed E-state index contributed by atoms with van der Waals surface area (Å²) in [6.45, 7) is 2.22. The van der Waals surface area contributed by atoms with Crippen LogP contribution in [0.25, 0.3) is 16.7 Å². The molecule has 0 fully saturated rings. The van der Waals surface area contributed by atoms with Crippen molar-refractivity contribution in [1.82, 2.24) is 24.4 Å². The number of hydrogen-bond acceptors (Lipinski definition) is 8. The number of fused-ring (bicyclic) bond motifs is 1. The van der Waals surface area contributed by atoms with Crippen molar-refractivity contribution in [3.8, 4) is 17.4 Å². The highest BCUT2D eigenvalue weighted by atomic mass is 16.5. The zero-order valence-electron chi connectivity index (χ0n) is 20.0. The third-order valence-corrected chi connectivity index (χ3v) is 6.32. The van der Waals surface area contributed by atoms with Crippen molar-refractivity contribution in [2.24, 2.45) is 17.2 Å². The van der Waals surface area contributed by atoms with Crippen molar-refractivity contribution in [3.05, 3.63) is 96.9 Å². The van der Waals surface area contributed by atoms with Gasteiger partial charge in [0.2, 0.25) is 5.88 Å². The molecule has 1 unspecified atom stereocenters. The second-order valence-corrected chi connectivity index (χ2v) is 8.68. The average Bonchev–Trinajstić information content (AvgIpc) is 3.32. The molecule has 0 saturated carbocycles. The molecule has 9 heteroatoms. The highest BCUT2D eigenvalue weighted by Gasteiger charge is 2.40. The number of allylic oxidation sites excluding steroid dienone is 2. The molecule has 0 radical (unpaired) electrons. The minimum Gasteiger partial charge on any atom is -0.439 e. The van der Waals surface area contributed by atoms with Crippen LogP contribution in [0.5, 0.6) is 11.6 Å². The molecule has 5 rings (SSSR count). The van der Waals surface area contributed by atoms with E-state index in [9.17, 15) is 0 Å². The van der Waals surface area contributed by atoms with Gasteiger partial charge in [0.05, 0.1) is 5.52 Å². The molecule has 0 spiro atoms. The first kappa shape index (κ1) is 23.7. The van der Waals surface area contributed by atoms with Crippen LogP contribution in [0.3, 0.4) is 0 Å². The molecule has 184 valence electrons. The van der Waals surface area contributed by atoms with E-state index < -0.39 is 5.54 Å². The van der Waals surface area contributed by atoms with Crippen molar-refractivity contribution >= 4 is 10.9 Å². The van der Waals surface area contributed by atoms with E-state index in [1.807, 2.05) is 65.4 Å². The summed E-state index contributed by atoms with van der Waals surface area (Å²) in [5, 5.41) is 1.04. The molecule has 0 bridgehead atoms. The lowest BCUT2D eigenvalue weighted by atomic mass is 9.86. The molecule has 1 aliphatic rings. The summed E-state index contributed by atoms with van der Waals surface area (Å²) in [5.41, 5.74) is 19.3. The molecule has 1 atom stereocenters. The molecule has 9 nitrogen and oxygen atoms in total. The summed E-state index contributed by atoms with van der Waals surface area (Å²) >= 11 is 0. The number of pyridine rings is 1. The molecule has 36 heavy (non-hydrogen) atoms. The number of nitrogens with zero attached hydrogens (tertiary/aromatic N) is 5. The molecule has 0 saturated heterocycles. The fourth-order valence-electron chi connectivity index (χ4n) is 4.70. The standard InChI is InChI=1S/C27H30N8O/c28-11-16-34(17-12-29)27(10-3-4-21(30)19-27)26-32-14-8-25(33-26)36-22-6-7-23-20(18-22)9-15-35(23)24-5-1-2-13-31-24/h1-10,13-15,18H,11-12,16-17,19,28-30H2. The van der Waals surface area contributed by atoms with E-state index in [2.05, 4.69) is 20.9 Å². The van der Waals surface area contributed by atoms with E-state index in [0.717, 1.165) is 22.4 Å². The van der Waals surface area contributed by atoms with E-state index in [1.54, 1.807) is 18.5 Å². The van der Waals surface area contributed by atoms with Crippen LogP contribution < -0.4 is 21.9 Å². The second-order valence-electron chi connectivity index (χ2n) is 8.68. The first-order valence-electron chi connectivity index (χ1n) is 12.0. The lowest BCUT2D eigenvalue weighted by Crippen LogP contribution is -2.51. The number of nitrogens with two attached hydrogens (primary N) is 3. The maximum atomic E-state index is 6.26. The highest BCUT2D eigenvalue weighted by molar-refractivity contribution is 5.83. The van der Waals surface area contributed by atoms with Gasteiger partial charge in [-0.15, -0.1) is 0 Å². The predicted octanol–water partition coefficient (Wildman–Crippen LogP) is 2.83. The van der Waals surface area contributed by atoms with Crippen LogP contribution in [-0.4, -0.2) is 50.6 Å². The van der Waals surface area contributed by atoms with Gasteiger partial charge < -0.3 is 26.5 Å². The lowest BCUT2D eigenvalue weighted by Gasteiger charge is -2.42. The van der Waals surface area contributed by atoms with Gasteiger partial charge in [-0.25, -0.2) is 9.97 Å². The topological polar surface area (TPSA) is 134 Å². The summed E-state index contributed by atoms with van der Waals surface area (Å²) < 4.78 is 8.23. The lowest BCUT2D eigenvalue weighted by molar-refractivity contribution is 0.125. The Bertz CT molecular complexity index is 1390. The summed E-state index contributed by atoms with van der Waals surface area (Å²) in [6, 6.07) is 15.6. The maximum absolute atomic E-state index is 6.26. The minimum atomic E-state index is -0.652. The van der Waals surface area contributed by atoms with Gasteiger partial charge in [-0.2, -0.15) is 4.98 Å². The van der Waals surface area contributed by atoms with Gasteiger partial charge in [-0.3, -0.25) is 4.90 Å². The van der Waals surface area contributed by atoms with Crippen molar-refractivity contribution < 1.29 is 4.74 Å². The van der Waals surface area contributed by atoms with E-state index in [4.69, 9.17) is 26.9 Å². The molecular weight excluding hydrogens is 452 g/mol. The molecule has 3 heterocycles. The average molecular weight is 483 g/mol. The number of aromatic nitrogens is 4. The molecule has 1 aliphatic carbocycles. The zero-order valence-corrected chi connectivity index (χ0v) is 20.0. The van der Waals surface area contributed by atoms with Gasteiger partial charge in [0.1, 0.15) is 17.1 Å². The maximum Gasteiger partial charge on any atom is 0.222 e. The highest BCUT2D eigenvalue weighted by Crippen LogP contribution is 2.37. The minimum absolute atomic E-state index is 0.449. The van der Waals surface area contributed by atoms with E-state index in [0.29, 0.717) is 50.1 Å². The number of hydrogen-bond donors (Lipinski definition) is 3. The molecule has 4 aromatic rings. The Morgan fingerprint density at radius 1 is 1.00 bits per heavy atom. The Labute approximate surface area is 209 Å². The summed E-state index contributed by atoms with van der Waals surface area (Å²) in [4.78, 5) is 16.1. The van der Waals surface area contributed by atoms with Gasteiger partial charge in [-0.1, -0.05) is 18.2 Å². The third kappa shape index (κ3) is 4.59. The van der Waals surface area contributed by atoms with Crippen LogP contribution in [0.1, 0.15) is 12.2 Å². The van der Waals surface area contributed by atoms with E-state index in [1.165, 1.54) is 0 Å². The van der Waals surface area contributed by atoms with E-state index >= 15 is 0 Å². The van der Waals surface area contributed by atoms with E-state index in [-0.39, 0.29) is 0 Å². The number of benzene rings is 1. The molecule has 6 N–H and O–H groups in total. The normalized spacial score (nSPS) is 17.5. The molecule has 3 aromatic heterocycles. The largest absolute Gasteiger partial charge is 0.439 e. The Balaban J connectivity index is 1.46. The Morgan fingerprint density at radius 2 is 1.86 bits per heavy atom. The van der Waals surface area contributed by atoms with Crippen LogP contribution in [0.2, 0.25) is 0 Å². The molecule has 0 amide bonds. The summed E-state index contributed by atoms with van der Waals surface area (Å²) in [7, 11) is 0. The molecule has 0 aliphatic heterocycles. The third-order valence-electron chi connectivity index (χ3n) is 6.32. The van der Waals surface area contributed by atoms with Crippen LogP contribution in [0.4, 0.5) is 0 Å². The predicted molar refractivity (Wildman–Crippen MR) is 141 cm³/mol. The Hall–Kier alpha value is -4.05. The van der Waals surface area contributed by atoms with Crippen LogP contribution in [0, 0.1) is 0 Å². The summed E-state index contributed by atoms with van der Waals surface area (Å²) in [6.07, 6.45) is 11.9. The van der Waals surface area contributed by atoms with Crippen molar-refractivity contribution in [1.29, 1.82) is 0 Å². The summed E-state index contributed by atoms with van der Waals surface area (Å²) in [5.74, 6) is 2.58. The number of ether oxygens (including phenoxy) is 1. The monoisotopic (exact) mass is 482 g/mol. The fourth-order valence-corrected chi connectivity index (χ4v) is 4.70. The van der Waals surface area contributed by atoms with Crippen LogP contribution >= 0.6 is 0 Å². The SMILES string of the molecule is NCCN(CCN)C1(c2nccc(Oc3ccc4c(ccn4-c4ccccn4)c3)n2)C=CC=C(N)C1. The van der Waals surface area contributed by atoms with Crippen LogP contribution in [0.15, 0.2) is 91.0 Å². The molecule has 1 aromatic carbocycles. The first-order chi connectivity index (χ1) is 17.6. The molecular formula is C27H30N8O. The number of rotatable bonds is 9. The van der Waals surface area contributed by atoms with Gasteiger partial charge >= 0.3 is 0 Å². The fraction of sp³-hybridized carbons (Fsp3) is 0.222. The van der Waals surface area contributed by atoms with Crippen LogP contribution in [-0.2, 0) is 5.54 Å². The first-order valence-corrected chi connectivity index (χ1v) is 12.0. The van der Waals surface area contributed by atoms with Crippen molar-refractivity contribution in [2.45, 2.75) is 12.0 Å².